The van der Waals surface area contributed by atoms with Crippen LogP contribution in [0.25, 0.3) is 0 Å². The summed E-state index contributed by atoms with van der Waals surface area (Å²) in [7, 11) is 0. The molecule has 0 bridgehead atoms. The van der Waals surface area contributed by atoms with Crippen molar-refractivity contribution in [1.82, 2.24) is 19.6 Å². The summed E-state index contributed by atoms with van der Waals surface area (Å²) < 4.78 is 16.1. The summed E-state index contributed by atoms with van der Waals surface area (Å²) in [6, 6.07) is 0. The molecular formula is C14H23ClFN5. The average Bonchev–Trinajstić information content (AvgIpc) is 2.95. The van der Waals surface area contributed by atoms with Gasteiger partial charge in [0.1, 0.15) is 12.5 Å². The molecule has 0 saturated carbocycles. The maximum atomic E-state index is 12.5. The summed E-state index contributed by atoms with van der Waals surface area (Å²) in [6.07, 6.45) is 5.65. The Kier molecular flexibility index (Phi) is 6.68. The van der Waals surface area contributed by atoms with Gasteiger partial charge in [-0.3, -0.25) is 4.68 Å². The van der Waals surface area contributed by atoms with Gasteiger partial charge in [-0.25, -0.2) is 9.07 Å². The van der Waals surface area contributed by atoms with E-state index in [1.54, 1.807) is 10.9 Å². The third-order valence-electron chi connectivity index (χ3n) is 3.02. The smallest absolute Gasteiger partial charge is 0.127 e. The van der Waals surface area contributed by atoms with Crippen LogP contribution in [0, 0.1) is 12.8 Å². The first-order chi connectivity index (χ1) is 9.60. The van der Waals surface area contributed by atoms with Crippen molar-refractivity contribution < 1.29 is 4.39 Å². The van der Waals surface area contributed by atoms with Gasteiger partial charge in [0.25, 0.3) is 0 Å². The number of hydrogen-bond donors (Lipinski definition) is 1. The second-order valence-corrected chi connectivity index (χ2v) is 5.41. The van der Waals surface area contributed by atoms with E-state index in [9.17, 15) is 4.39 Å². The van der Waals surface area contributed by atoms with Gasteiger partial charge in [-0.15, -0.1) is 12.4 Å². The van der Waals surface area contributed by atoms with E-state index in [4.69, 9.17) is 0 Å². The standard InChI is InChI=1S/C14H22FN5.ClH/c1-11(2)9-19-10-13(8-17-19)7-16-14-12(3)6-18-20(14)5-4-15;/h6,8,10-11,16H,4-5,7,9H2,1-3H3;1H. The first-order valence-corrected chi connectivity index (χ1v) is 6.93. The van der Waals surface area contributed by atoms with Crippen LogP contribution in [0.4, 0.5) is 10.2 Å². The van der Waals surface area contributed by atoms with Crippen LogP contribution < -0.4 is 5.32 Å². The lowest BCUT2D eigenvalue weighted by Gasteiger charge is -2.09. The van der Waals surface area contributed by atoms with Crippen LogP contribution >= 0.6 is 12.4 Å². The number of rotatable bonds is 7. The van der Waals surface area contributed by atoms with Crippen molar-refractivity contribution in [3.05, 3.63) is 29.7 Å². The summed E-state index contributed by atoms with van der Waals surface area (Å²) in [5.74, 6) is 1.45. The Balaban J connectivity index is 0.00000220. The van der Waals surface area contributed by atoms with E-state index in [-0.39, 0.29) is 19.0 Å². The Labute approximate surface area is 130 Å². The van der Waals surface area contributed by atoms with Gasteiger partial charge in [0.15, 0.2) is 0 Å². The van der Waals surface area contributed by atoms with Crippen molar-refractivity contribution in [2.24, 2.45) is 5.92 Å². The second-order valence-electron chi connectivity index (χ2n) is 5.41. The fourth-order valence-corrected chi connectivity index (χ4v) is 2.12. The van der Waals surface area contributed by atoms with Crippen LogP contribution in [0.1, 0.15) is 25.0 Å². The molecule has 0 radical (unpaired) electrons. The van der Waals surface area contributed by atoms with Gasteiger partial charge in [-0.1, -0.05) is 13.8 Å². The number of alkyl halides is 1. The molecule has 0 aliphatic carbocycles. The molecule has 0 fully saturated rings. The molecule has 118 valence electrons. The van der Waals surface area contributed by atoms with Crippen molar-refractivity contribution in [3.8, 4) is 0 Å². The van der Waals surface area contributed by atoms with Crippen LogP contribution in [-0.2, 0) is 19.6 Å². The van der Waals surface area contributed by atoms with Crippen molar-refractivity contribution >= 4 is 18.2 Å². The Morgan fingerprint density at radius 1 is 1.29 bits per heavy atom. The molecule has 2 aromatic rings. The van der Waals surface area contributed by atoms with E-state index in [2.05, 4.69) is 29.4 Å². The zero-order valence-corrected chi connectivity index (χ0v) is 13.5. The monoisotopic (exact) mass is 315 g/mol. The highest BCUT2D eigenvalue weighted by Crippen LogP contribution is 2.15. The highest BCUT2D eigenvalue weighted by Gasteiger charge is 2.07. The highest BCUT2D eigenvalue weighted by molar-refractivity contribution is 5.85. The molecule has 7 heteroatoms. The Bertz CT molecular complexity index is 549. The summed E-state index contributed by atoms with van der Waals surface area (Å²) in [6.45, 7) is 7.74. The quantitative estimate of drug-likeness (QED) is 0.854. The minimum absolute atomic E-state index is 0. The first kappa shape index (κ1) is 17.5. The van der Waals surface area contributed by atoms with Crippen LogP contribution in [0.5, 0.6) is 0 Å². The van der Waals surface area contributed by atoms with Gasteiger partial charge in [0.2, 0.25) is 0 Å². The van der Waals surface area contributed by atoms with Crippen LogP contribution in [0.3, 0.4) is 0 Å². The zero-order chi connectivity index (χ0) is 14.5. The third-order valence-corrected chi connectivity index (χ3v) is 3.02. The highest BCUT2D eigenvalue weighted by atomic mass is 35.5. The van der Waals surface area contributed by atoms with Crippen molar-refractivity contribution in [2.75, 3.05) is 12.0 Å². The Hall–Kier alpha value is -1.56. The van der Waals surface area contributed by atoms with E-state index < -0.39 is 6.67 Å². The number of aryl methyl sites for hydroxylation is 2. The fraction of sp³-hybridized carbons (Fsp3) is 0.571. The molecule has 2 rings (SSSR count). The summed E-state index contributed by atoms with van der Waals surface area (Å²) in [4.78, 5) is 0. The molecule has 0 aliphatic heterocycles. The summed E-state index contributed by atoms with van der Waals surface area (Å²) in [5.41, 5.74) is 2.13. The Morgan fingerprint density at radius 2 is 2.05 bits per heavy atom. The Morgan fingerprint density at radius 3 is 2.71 bits per heavy atom. The number of nitrogens with zero attached hydrogens (tertiary/aromatic N) is 4. The van der Waals surface area contributed by atoms with Crippen molar-refractivity contribution in [2.45, 2.75) is 40.4 Å². The van der Waals surface area contributed by atoms with Crippen LogP contribution in [-0.4, -0.2) is 26.2 Å². The van der Waals surface area contributed by atoms with E-state index in [0.29, 0.717) is 12.5 Å². The maximum absolute atomic E-state index is 12.5. The topological polar surface area (TPSA) is 47.7 Å². The predicted molar refractivity (Wildman–Crippen MR) is 84.6 cm³/mol. The lowest BCUT2D eigenvalue weighted by molar-refractivity contribution is 0.429. The van der Waals surface area contributed by atoms with Crippen LogP contribution in [0.15, 0.2) is 18.6 Å². The number of anilines is 1. The van der Waals surface area contributed by atoms with E-state index >= 15 is 0 Å². The van der Waals surface area contributed by atoms with Gasteiger partial charge in [0, 0.05) is 30.4 Å². The molecule has 2 aromatic heterocycles. The molecule has 0 spiro atoms. The summed E-state index contributed by atoms with van der Waals surface area (Å²) >= 11 is 0. The van der Waals surface area contributed by atoms with E-state index in [1.807, 2.05) is 24.0 Å². The molecule has 1 N–H and O–H groups in total. The van der Waals surface area contributed by atoms with Gasteiger partial charge in [-0.2, -0.15) is 10.2 Å². The summed E-state index contributed by atoms with van der Waals surface area (Å²) in [5, 5.41) is 11.8. The molecule has 21 heavy (non-hydrogen) atoms. The van der Waals surface area contributed by atoms with Gasteiger partial charge in [-0.05, 0) is 12.8 Å². The minimum atomic E-state index is -0.415. The molecule has 0 unspecified atom stereocenters. The zero-order valence-electron chi connectivity index (χ0n) is 12.7. The molecular weight excluding hydrogens is 293 g/mol. The molecule has 0 saturated heterocycles. The maximum Gasteiger partial charge on any atom is 0.127 e. The number of halogens is 2. The lowest BCUT2D eigenvalue weighted by Crippen LogP contribution is -2.09. The van der Waals surface area contributed by atoms with Crippen molar-refractivity contribution in [3.63, 3.8) is 0 Å². The number of nitrogens with one attached hydrogen (secondary N) is 1. The lowest BCUT2D eigenvalue weighted by atomic mass is 10.2. The number of aromatic nitrogens is 4. The molecule has 2 heterocycles. The largest absolute Gasteiger partial charge is 0.366 e. The SMILES string of the molecule is Cc1cnn(CCF)c1NCc1cnn(CC(C)C)c1.Cl. The second kappa shape index (κ2) is 8.02. The molecule has 0 atom stereocenters. The van der Waals surface area contributed by atoms with E-state index in [1.165, 1.54) is 0 Å². The first-order valence-electron chi connectivity index (χ1n) is 6.93. The van der Waals surface area contributed by atoms with Gasteiger partial charge < -0.3 is 5.32 Å². The fourth-order valence-electron chi connectivity index (χ4n) is 2.12. The molecule has 0 aliphatic rings. The average molecular weight is 316 g/mol. The van der Waals surface area contributed by atoms with Crippen molar-refractivity contribution in [1.29, 1.82) is 0 Å². The molecule has 0 amide bonds. The normalized spacial score (nSPS) is 10.7. The molecule has 0 aromatic carbocycles. The number of hydrogen-bond acceptors (Lipinski definition) is 3. The third kappa shape index (κ3) is 4.74. The molecule has 5 nitrogen and oxygen atoms in total. The van der Waals surface area contributed by atoms with Gasteiger partial charge in [0.05, 0.1) is 18.9 Å². The minimum Gasteiger partial charge on any atom is -0.366 e. The van der Waals surface area contributed by atoms with Crippen LogP contribution in [0.2, 0.25) is 0 Å². The van der Waals surface area contributed by atoms with E-state index in [0.717, 1.165) is 23.5 Å². The predicted octanol–water partition coefficient (Wildman–Crippen LogP) is 3.05. The van der Waals surface area contributed by atoms with Gasteiger partial charge >= 0.3 is 0 Å².